The van der Waals surface area contributed by atoms with Gasteiger partial charge in [0.2, 0.25) is 0 Å². The van der Waals surface area contributed by atoms with Crippen molar-refractivity contribution >= 4 is 80.8 Å². The number of nitrogens with one attached hydrogen (secondary N) is 3. The van der Waals surface area contributed by atoms with Crippen LogP contribution in [0.4, 0.5) is 5.69 Å². The highest BCUT2D eigenvalue weighted by Gasteiger charge is 2.32. The van der Waals surface area contributed by atoms with E-state index in [1.54, 1.807) is 36.4 Å². The Balaban J connectivity index is 0.00000314. The Labute approximate surface area is 320 Å². The first kappa shape index (κ1) is 40.9. The molecule has 6 rings (SSSR count). The predicted molar refractivity (Wildman–Crippen MR) is 215 cm³/mol. The zero-order valence-electron chi connectivity index (χ0n) is 30.5. The van der Waals surface area contributed by atoms with Gasteiger partial charge in [0.05, 0.1) is 41.6 Å². The SMILES string of the molecule is COc1cc2[nH]c3c(C(=O)NCCN(C)C)ccc(NCCCN(C)CCCN4C(=O)c5cccc6cccc(c56)C4=O)c3c(=O)c2cc1OC.Cl.Cl. The van der Waals surface area contributed by atoms with Crippen molar-refractivity contribution in [2.24, 2.45) is 0 Å². The van der Waals surface area contributed by atoms with E-state index in [9.17, 15) is 19.2 Å². The molecular formula is C39H46Cl2N6O6. The van der Waals surface area contributed by atoms with Crippen molar-refractivity contribution in [1.82, 2.24) is 25.0 Å². The maximum atomic E-state index is 14.1. The van der Waals surface area contributed by atoms with Gasteiger partial charge in [-0.15, -0.1) is 24.8 Å². The molecule has 5 aromatic rings. The number of benzene rings is 4. The minimum Gasteiger partial charge on any atom is -0.493 e. The standard InChI is InChI=1S/C39H44N6O6.2ClH/c1-43(2)21-17-41-37(47)27-14-15-29(34-35(27)42-30-23-32(51-5)31(50-4)22-28(30)36(34)46)40-16-8-18-44(3)19-9-20-45-38(48)25-12-6-10-24-11-7-13-26(33(24)25)39(45)49;;/h6-7,10-15,22-23,40H,8-9,16-21H2,1-5H3,(H,41,47)(H,42,46);2*1H. The van der Waals surface area contributed by atoms with Gasteiger partial charge < -0.3 is 34.9 Å². The summed E-state index contributed by atoms with van der Waals surface area (Å²) in [5.41, 5.74) is 2.85. The van der Waals surface area contributed by atoms with Gasteiger partial charge in [-0.25, -0.2) is 0 Å². The van der Waals surface area contributed by atoms with Crippen molar-refractivity contribution in [2.45, 2.75) is 12.8 Å². The van der Waals surface area contributed by atoms with Crippen molar-refractivity contribution in [3.63, 3.8) is 0 Å². The number of likely N-dealkylation sites (N-methyl/N-ethyl adjacent to an activating group) is 1. The van der Waals surface area contributed by atoms with Crippen molar-refractivity contribution in [2.75, 3.05) is 79.9 Å². The van der Waals surface area contributed by atoms with Crippen molar-refractivity contribution in [3.8, 4) is 11.5 Å². The lowest BCUT2D eigenvalue weighted by atomic mass is 9.94. The van der Waals surface area contributed by atoms with E-state index < -0.39 is 0 Å². The lowest BCUT2D eigenvalue weighted by Crippen LogP contribution is -2.41. The topological polar surface area (TPSA) is 136 Å². The fourth-order valence-electron chi connectivity index (χ4n) is 6.70. The highest BCUT2D eigenvalue weighted by molar-refractivity contribution is 6.25. The quantitative estimate of drug-likeness (QED) is 0.0727. The minimum atomic E-state index is -0.278. The number of carbonyl (C=O) groups excluding carboxylic acids is 3. The van der Waals surface area contributed by atoms with E-state index in [0.717, 1.165) is 23.7 Å². The zero-order chi connectivity index (χ0) is 36.2. The van der Waals surface area contributed by atoms with Crippen LogP contribution in [0.2, 0.25) is 0 Å². The Hall–Kier alpha value is -4.88. The van der Waals surface area contributed by atoms with Crippen LogP contribution in [0.1, 0.15) is 43.9 Å². The summed E-state index contributed by atoms with van der Waals surface area (Å²) in [4.78, 5) is 62.7. The summed E-state index contributed by atoms with van der Waals surface area (Å²) in [5.74, 6) is 0.120. The van der Waals surface area contributed by atoms with Gasteiger partial charge in [0, 0.05) is 54.4 Å². The van der Waals surface area contributed by atoms with E-state index in [2.05, 4.69) is 20.5 Å². The number of methoxy groups -OCH3 is 2. The molecule has 1 aliphatic rings. The number of pyridine rings is 1. The molecule has 0 unspecified atom stereocenters. The number of aromatic nitrogens is 1. The van der Waals surface area contributed by atoms with Crippen LogP contribution in [-0.2, 0) is 0 Å². The molecule has 0 radical (unpaired) electrons. The molecule has 53 heavy (non-hydrogen) atoms. The van der Waals surface area contributed by atoms with Gasteiger partial charge in [-0.3, -0.25) is 24.1 Å². The van der Waals surface area contributed by atoms with E-state index in [1.165, 1.54) is 19.1 Å². The number of nitrogens with zero attached hydrogens (tertiary/aromatic N) is 3. The van der Waals surface area contributed by atoms with Crippen LogP contribution in [0.5, 0.6) is 11.5 Å². The summed E-state index contributed by atoms with van der Waals surface area (Å²) < 4.78 is 10.9. The molecule has 0 saturated heterocycles. The Kier molecular flexibility index (Phi) is 13.7. The number of ether oxygens (including phenoxy) is 2. The van der Waals surface area contributed by atoms with Gasteiger partial charge in [0.1, 0.15) is 0 Å². The van der Waals surface area contributed by atoms with Crippen LogP contribution < -0.4 is 25.5 Å². The molecule has 3 amide bonds. The van der Waals surface area contributed by atoms with Crippen LogP contribution in [0.15, 0.2) is 65.5 Å². The van der Waals surface area contributed by atoms with E-state index >= 15 is 0 Å². The second kappa shape index (κ2) is 17.8. The summed E-state index contributed by atoms with van der Waals surface area (Å²) in [6.45, 7) is 3.48. The molecule has 1 aliphatic heterocycles. The zero-order valence-corrected chi connectivity index (χ0v) is 32.2. The first-order valence-electron chi connectivity index (χ1n) is 17.1. The summed E-state index contributed by atoms with van der Waals surface area (Å²) >= 11 is 0. The number of imide groups is 1. The number of halogens is 2. The van der Waals surface area contributed by atoms with E-state index in [0.29, 0.717) is 94.8 Å². The molecule has 0 aliphatic carbocycles. The Morgan fingerprint density at radius 3 is 2.08 bits per heavy atom. The van der Waals surface area contributed by atoms with Crippen LogP contribution in [0, 0.1) is 0 Å². The summed E-state index contributed by atoms with van der Waals surface area (Å²) in [6, 6.07) is 18.0. The van der Waals surface area contributed by atoms with Gasteiger partial charge in [0.25, 0.3) is 17.7 Å². The number of anilines is 1. The molecule has 2 heterocycles. The highest BCUT2D eigenvalue weighted by atomic mass is 35.5. The van der Waals surface area contributed by atoms with Crippen molar-refractivity contribution in [3.05, 3.63) is 87.6 Å². The molecule has 4 aromatic carbocycles. The summed E-state index contributed by atoms with van der Waals surface area (Å²) in [6.07, 6.45) is 1.40. The monoisotopic (exact) mass is 764 g/mol. The molecule has 0 fully saturated rings. The summed E-state index contributed by atoms with van der Waals surface area (Å²) in [7, 11) is 8.93. The second-order valence-corrected chi connectivity index (χ2v) is 13.1. The smallest absolute Gasteiger partial charge is 0.261 e. The molecule has 282 valence electrons. The van der Waals surface area contributed by atoms with Gasteiger partial charge in [-0.2, -0.15) is 0 Å². The first-order chi connectivity index (χ1) is 24.6. The van der Waals surface area contributed by atoms with Crippen molar-refractivity contribution in [1.29, 1.82) is 0 Å². The first-order valence-corrected chi connectivity index (χ1v) is 17.1. The third-order valence-electron chi connectivity index (χ3n) is 9.36. The molecule has 14 heteroatoms. The molecule has 12 nitrogen and oxygen atoms in total. The van der Waals surface area contributed by atoms with Crippen LogP contribution in [0.3, 0.4) is 0 Å². The lowest BCUT2D eigenvalue weighted by Gasteiger charge is -2.28. The molecule has 0 saturated carbocycles. The van der Waals surface area contributed by atoms with Crippen LogP contribution in [0.25, 0.3) is 32.6 Å². The summed E-state index contributed by atoms with van der Waals surface area (Å²) in [5, 5.41) is 8.80. The number of H-pyrrole nitrogens is 1. The number of amides is 3. The van der Waals surface area contributed by atoms with E-state index in [-0.39, 0.29) is 48.0 Å². The molecule has 0 spiro atoms. The number of hydrogen-bond donors (Lipinski definition) is 3. The molecular weight excluding hydrogens is 719 g/mol. The maximum Gasteiger partial charge on any atom is 0.261 e. The Bertz CT molecular complexity index is 2160. The van der Waals surface area contributed by atoms with Gasteiger partial charge in [0.15, 0.2) is 16.9 Å². The molecule has 1 aromatic heterocycles. The lowest BCUT2D eigenvalue weighted by molar-refractivity contribution is 0.0604. The van der Waals surface area contributed by atoms with Crippen molar-refractivity contribution < 1.29 is 23.9 Å². The number of carbonyl (C=O) groups is 3. The van der Waals surface area contributed by atoms with E-state index in [1.807, 2.05) is 50.3 Å². The fourth-order valence-corrected chi connectivity index (χ4v) is 6.70. The number of hydrogen-bond acceptors (Lipinski definition) is 9. The minimum absolute atomic E-state index is 0. The second-order valence-electron chi connectivity index (χ2n) is 13.1. The molecule has 0 bridgehead atoms. The number of rotatable bonds is 15. The van der Waals surface area contributed by atoms with Crippen LogP contribution in [-0.4, -0.2) is 112 Å². The third-order valence-corrected chi connectivity index (χ3v) is 9.36. The largest absolute Gasteiger partial charge is 0.493 e. The number of fused-ring (bicyclic) bond motifs is 2. The third kappa shape index (κ3) is 8.36. The van der Waals surface area contributed by atoms with Crippen LogP contribution >= 0.6 is 24.8 Å². The average Bonchev–Trinajstić information content (AvgIpc) is 3.12. The molecule has 0 atom stereocenters. The molecule has 3 N–H and O–H groups in total. The van der Waals surface area contributed by atoms with Gasteiger partial charge in [-0.1, -0.05) is 24.3 Å². The fraction of sp³-hybridized carbons (Fsp3) is 0.333. The predicted octanol–water partition coefficient (Wildman–Crippen LogP) is 5.41. The maximum absolute atomic E-state index is 14.1. The van der Waals surface area contributed by atoms with Gasteiger partial charge >= 0.3 is 0 Å². The Morgan fingerprint density at radius 2 is 1.43 bits per heavy atom. The Morgan fingerprint density at radius 1 is 0.792 bits per heavy atom. The number of aromatic amines is 1. The highest BCUT2D eigenvalue weighted by Crippen LogP contribution is 2.33. The van der Waals surface area contributed by atoms with Gasteiger partial charge in [-0.05, 0) is 82.8 Å². The average molecular weight is 766 g/mol. The van der Waals surface area contributed by atoms with E-state index in [4.69, 9.17) is 9.47 Å². The normalized spacial score (nSPS) is 12.3.